The topological polar surface area (TPSA) is 69.6 Å². The number of benzene rings is 2. The molecule has 8 heteroatoms. The molecule has 2 aliphatic rings. The number of nitrogens with zero attached hydrogens (tertiary/aromatic N) is 4. The number of hydrogen-bond acceptors (Lipinski definition) is 5. The van der Waals surface area contributed by atoms with Gasteiger partial charge in [-0.25, -0.2) is 14.4 Å². The standard InChI is InChI=1S/C26H26ClFN4O2/c1-2-5-22(34)31-8-10-32(11-9-31)26-20-14-21(27)23(24(28)25(20)29-15-30-26)19-13-17(33)12-16-6-3-4-7-18(16)19/h3-4,6-7,13-15,19,33H,2,5,8-12H2,1H3. The molecule has 1 saturated heterocycles. The van der Waals surface area contributed by atoms with Crippen molar-refractivity contribution in [2.24, 2.45) is 0 Å². The fourth-order valence-corrected chi connectivity index (χ4v) is 5.29. The molecule has 1 unspecified atom stereocenters. The average Bonchev–Trinajstić information content (AvgIpc) is 2.84. The minimum atomic E-state index is -0.506. The van der Waals surface area contributed by atoms with Crippen LogP contribution in [0, 0.1) is 5.82 Å². The van der Waals surface area contributed by atoms with Crippen LogP contribution in [0.4, 0.5) is 10.2 Å². The van der Waals surface area contributed by atoms with E-state index in [2.05, 4.69) is 14.9 Å². The van der Waals surface area contributed by atoms with Crippen LogP contribution >= 0.6 is 11.6 Å². The van der Waals surface area contributed by atoms with Gasteiger partial charge in [0.05, 0.1) is 5.76 Å². The molecule has 34 heavy (non-hydrogen) atoms. The summed E-state index contributed by atoms with van der Waals surface area (Å²) in [6.07, 6.45) is 4.82. The molecule has 1 aliphatic carbocycles. The SMILES string of the molecule is CCCC(=O)N1CCN(c2ncnc3c(F)c(C4C=C(O)Cc5ccccc54)c(Cl)cc23)CC1. The van der Waals surface area contributed by atoms with E-state index in [4.69, 9.17) is 11.6 Å². The van der Waals surface area contributed by atoms with Crippen LogP contribution in [0.5, 0.6) is 0 Å². The third-order valence-corrected chi connectivity index (χ3v) is 6.98. The molecule has 1 amide bonds. The van der Waals surface area contributed by atoms with Gasteiger partial charge in [0, 0.05) is 60.9 Å². The Hall–Kier alpha value is -3.19. The Morgan fingerprint density at radius 1 is 1.21 bits per heavy atom. The lowest BCUT2D eigenvalue weighted by atomic mass is 9.82. The molecule has 1 N–H and O–H groups in total. The van der Waals surface area contributed by atoms with Crippen molar-refractivity contribution >= 4 is 34.2 Å². The number of amides is 1. The van der Waals surface area contributed by atoms with Crippen LogP contribution in [0.25, 0.3) is 10.9 Å². The summed E-state index contributed by atoms with van der Waals surface area (Å²) in [5.74, 6) is -0.0416. The molecule has 2 heterocycles. The smallest absolute Gasteiger partial charge is 0.222 e. The van der Waals surface area contributed by atoms with Crippen molar-refractivity contribution < 1.29 is 14.3 Å². The second-order valence-electron chi connectivity index (χ2n) is 8.81. The predicted octanol–water partition coefficient (Wildman–Crippen LogP) is 5.00. The van der Waals surface area contributed by atoms with E-state index >= 15 is 4.39 Å². The van der Waals surface area contributed by atoms with Crippen LogP contribution in [0.2, 0.25) is 5.02 Å². The maximum absolute atomic E-state index is 16.0. The number of aromatic nitrogens is 2. The van der Waals surface area contributed by atoms with E-state index in [1.165, 1.54) is 6.33 Å². The Kier molecular flexibility index (Phi) is 6.13. The van der Waals surface area contributed by atoms with E-state index < -0.39 is 11.7 Å². The first-order valence-corrected chi connectivity index (χ1v) is 12.0. The van der Waals surface area contributed by atoms with E-state index in [0.29, 0.717) is 55.8 Å². The van der Waals surface area contributed by atoms with Gasteiger partial charge in [0.15, 0.2) is 5.82 Å². The lowest BCUT2D eigenvalue weighted by Crippen LogP contribution is -2.49. The van der Waals surface area contributed by atoms with Crippen LogP contribution in [0.3, 0.4) is 0 Å². The quantitative estimate of drug-likeness (QED) is 0.569. The van der Waals surface area contributed by atoms with Crippen LogP contribution < -0.4 is 4.90 Å². The summed E-state index contributed by atoms with van der Waals surface area (Å²) in [5, 5.41) is 11.1. The third-order valence-electron chi connectivity index (χ3n) is 6.66. The first-order chi connectivity index (χ1) is 16.5. The van der Waals surface area contributed by atoms with E-state index in [1.54, 1.807) is 12.1 Å². The van der Waals surface area contributed by atoms with Crippen LogP contribution in [-0.2, 0) is 11.2 Å². The van der Waals surface area contributed by atoms with Crippen molar-refractivity contribution in [3.05, 3.63) is 76.0 Å². The molecule has 1 aliphatic heterocycles. The van der Waals surface area contributed by atoms with E-state index in [9.17, 15) is 9.90 Å². The second kappa shape index (κ2) is 9.22. The fraction of sp³-hybridized carbons (Fsp3) is 0.346. The van der Waals surface area contributed by atoms with Gasteiger partial charge in [-0.05, 0) is 29.7 Å². The van der Waals surface area contributed by atoms with Crippen molar-refractivity contribution in [2.45, 2.75) is 32.1 Å². The highest BCUT2D eigenvalue weighted by Crippen LogP contribution is 2.42. The molecule has 3 aromatic rings. The number of anilines is 1. The van der Waals surface area contributed by atoms with E-state index in [-0.39, 0.29) is 22.2 Å². The number of rotatable bonds is 4. The largest absolute Gasteiger partial charge is 0.512 e. The molecule has 5 rings (SSSR count). The van der Waals surface area contributed by atoms with Gasteiger partial charge in [-0.15, -0.1) is 0 Å². The molecule has 2 aromatic carbocycles. The number of allylic oxidation sites excluding steroid dienone is 2. The molecular formula is C26H26ClFN4O2. The number of aliphatic hydroxyl groups is 1. The molecule has 0 radical (unpaired) electrons. The number of fused-ring (bicyclic) bond motifs is 2. The summed E-state index contributed by atoms with van der Waals surface area (Å²) in [7, 11) is 0. The Morgan fingerprint density at radius 2 is 1.97 bits per heavy atom. The first-order valence-electron chi connectivity index (χ1n) is 11.6. The summed E-state index contributed by atoms with van der Waals surface area (Å²) in [4.78, 5) is 24.9. The molecule has 176 valence electrons. The van der Waals surface area contributed by atoms with Crippen molar-refractivity contribution in [2.75, 3.05) is 31.1 Å². The second-order valence-corrected chi connectivity index (χ2v) is 9.22. The van der Waals surface area contributed by atoms with Gasteiger partial charge in [-0.1, -0.05) is 42.8 Å². The highest BCUT2D eigenvalue weighted by molar-refractivity contribution is 6.32. The number of piperazine rings is 1. The fourth-order valence-electron chi connectivity index (χ4n) is 4.98. The average molecular weight is 481 g/mol. The highest BCUT2D eigenvalue weighted by atomic mass is 35.5. The van der Waals surface area contributed by atoms with Crippen LogP contribution in [-0.4, -0.2) is 52.1 Å². The van der Waals surface area contributed by atoms with Crippen molar-refractivity contribution in [3.63, 3.8) is 0 Å². The van der Waals surface area contributed by atoms with E-state index in [0.717, 1.165) is 17.5 Å². The first kappa shape index (κ1) is 22.6. The predicted molar refractivity (Wildman–Crippen MR) is 131 cm³/mol. The molecule has 0 bridgehead atoms. The normalized spacial score (nSPS) is 18.1. The molecule has 0 saturated carbocycles. The Morgan fingerprint density at radius 3 is 2.74 bits per heavy atom. The van der Waals surface area contributed by atoms with E-state index in [1.807, 2.05) is 36.1 Å². The number of halogens is 2. The summed E-state index contributed by atoms with van der Waals surface area (Å²) >= 11 is 6.69. The zero-order valence-electron chi connectivity index (χ0n) is 19.0. The van der Waals surface area contributed by atoms with Crippen molar-refractivity contribution in [1.82, 2.24) is 14.9 Å². The summed E-state index contributed by atoms with van der Waals surface area (Å²) in [6, 6.07) is 9.40. The van der Waals surface area contributed by atoms with Crippen molar-refractivity contribution in [1.29, 1.82) is 0 Å². The molecule has 6 nitrogen and oxygen atoms in total. The maximum atomic E-state index is 16.0. The zero-order valence-corrected chi connectivity index (χ0v) is 19.7. The molecular weight excluding hydrogens is 455 g/mol. The zero-order chi connectivity index (χ0) is 23.8. The van der Waals surface area contributed by atoms with Crippen molar-refractivity contribution in [3.8, 4) is 0 Å². The lowest BCUT2D eigenvalue weighted by Gasteiger charge is -2.36. The number of carbonyl (C=O) groups excluding carboxylic acids is 1. The minimum absolute atomic E-state index is 0.164. The monoisotopic (exact) mass is 480 g/mol. The molecule has 0 spiro atoms. The van der Waals surface area contributed by atoms with Crippen LogP contribution in [0.1, 0.15) is 42.4 Å². The number of carbonyl (C=O) groups is 1. The Labute approximate surface area is 202 Å². The highest BCUT2D eigenvalue weighted by Gasteiger charge is 2.29. The molecule has 1 fully saturated rings. The lowest BCUT2D eigenvalue weighted by molar-refractivity contribution is -0.131. The van der Waals surface area contributed by atoms with Gasteiger partial charge in [0.2, 0.25) is 5.91 Å². The Bertz CT molecular complexity index is 1290. The minimum Gasteiger partial charge on any atom is -0.512 e. The van der Waals surface area contributed by atoms with Gasteiger partial charge in [0.1, 0.15) is 17.7 Å². The third kappa shape index (κ3) is 3.98. The summed E-state index contributed by atoms with van der Waals surface area (Å²) in [6.45, 7) is 4.41. The van der Waals surface area contributed by atoms with Gasteiger partial charge < -0.3 is 14.9 Å². The van der Waals surface area contributed by atoms with Gasteiger partial charge in [-0.2, -0.15) is 0 Å². The summed E-state index contributed by atoms with van der Waals surface area (Å²) < 4.78 is 16.0. The number of hydrogen-bond donors (Lipinski definition) is 1. The number of aliphatic hydroxyl groups excluding tert-OH is 1. The molecule has 1 atom stereocenters. The maximum Gasteiger partial charge on any atom is 0.222 e. The van der Waals surface area contributed by atoms with Gasteiger partial charge >= 0.3 is 0 Å². The van der Waals surface area contributed by atoms with Gasteiger partial charge in [-0.3, -0.25) is 4.79 Å². The van der Waals surface area contributed by atoms with Gasteiger partial charge in [0.25, 0.3) is 0 Å². The summed E-state index contributed by atoms with van der Waals surface area (Å²) in [5.41, 5.74) is 2.36. The van der Waals surface area contributed by atoms with Crippen LogP contribution in [0.15, 0.2) is 48.5 Å². The Balaban J connectivity index is 1.52. The molecule has 1 aromatic heterocycles.